The summed E-state index contributed by atoms with van der Waals surface area (Å²) in [5, 5.41) is 11.5. The number of rotatable bonds is 6. The molecule has 0 fully saturated rings. The lowest BCUT2D eigenvalue weighted by molar-refractivity contribution is -0.137. The molecular formula is C13H14BrNO4. The summed E-state index contributed by atoms with van der Waals surface area (Å²) < 4.78 is 11.0. The van der Waals surface area contributed by atoms with Gasteiger partial charge in [0.05, 0.1) is 12.8 Å². The van der Waals surface area contributed by atoms with Crippen molar-refractivity contribution in [1.29, 1.82) is 0 Å². The highest BCUT2D eigenvalue weighted by Gasteiger charge is 2.02. The summed E-state index contributed by atoms with van der Waals surface area (Å²) in [5.74, 6) is 0.137. The zero-order valence-corrected chi connectivity index (χ0v) is 12.0. The van der Waals surface area contributed by atoms with Crippen LogP contribution in [-0.4, -0.2) is 30.6 Å². The third kappa shape index (κ3) is 5.56. The molecule has 0 amide bonds. The summed E-state index contributed by atoms with van der Waals surface area (Å²) in [6.07, 6.45) is 4.14. The largest absolute Gasteiger partial charge is 0.489 e. The first-order chi connectivity index (χ1) is 9.17. The van der Waals surface area contributed by atoms with Gasteiger partial charge in [-0.3, -0.25) is 0 Å². The van der Waals surface area contributed by atoms with E-state index in [2.05, 4.69) is 21.1 Å². The van der Waals surface area contributed by atoms with Crippen LogP contribution in [0.25, 0.3) is 0 Å². The van der Waals surface area contributed by atoms with Gasteiger partial charge in [0.1, 0.15) is 12.4 Å². The van der Waals surface area contributed by atoms with Crippen molar-refractivity contribution in [1.82, 2.24) is 0 Å². The molecule has 0 spiro atoms. The van der Waals surface area contributed by atoms with Crippen LogP contribution in [0.4, 0.5) is 0 Å². The normalized spacial score (nSPS) is 11.1. The van der Waals surface area contributed by atoms with Crippen molar-refractivity contribution in [2.75, 3.05) is 13.2 Å². The highest BCUT2D eigenvalue weighted by Crippen LogP contribution is 2.22. The molecule has 1 N–H and O–H groups in total. The summed E-state index contributed by atoms with van der Waals surface area (Å²) in [5.41, 5.74) is 0.634. The fraction of sp³-hybridized carbons (Fsp3) is 0.231. The number of carbonyl (C=O) groups is 1. The number of oxime groups is 1. The predicted molar refractivity (Wildman–Crippen MR) is 74.8 cm³/mol. The van der Waals surface area contributed by atoms with Crippen LogP contribution in [0.1, 0.15) is 12.5 Å². The van der Waals surface area contributed by atoms with Crippen LogP contribution in [0, 0.1) is 0 Å². The zero-order chi connectivity index (χ0) is 14.1. The number of esters is 1. The lowest BCUT2D eigenvalue weighted by atomic mass is 10.2. The Morgan fingerprint density at radius 3 is 3.00 bits per heavy atom. The monoisotopic (exact) mass is 327 g/mol. The first-order valence-corrected chi connectivity index (χ1v) is 6.39. The van der Waals surface area contributed by atoms with Crippen molar-refractivity contribution >= 4 is 28.1 Å². The molecule has 1 rings (SSSR count). The molecule has 0 aliphatic heterocycles. The van der Waals surface area contributed by atoms with E-state index in [0.717, 1.165) is 4.47 Å². The molecule has 5 nitrogen and oxygen atoms in total. The van der Waals surface area contributed by atoms with Gasteiger partial charge in [-0.25, -0.2) is 4.79 Å². The molecule has 102 valence electrons. The highest BCUT2D eigenvalue weighted by molar-refractivity contribution is 9.10. The second-order valence-electron chi connectivity index (χ2n) is 3.39. The number of nitrogens with zero attached hydrogens (tertiary/aromatic N) is 1. The average molecular weight is 328 g/mol. The molecule has 0 aliphatic carbocycles. The second-order valence-corrected chi connectivity index (χ2v) is 4.31. The van der Waals surface area contributed by atoms with Gasteiger partial charge in [-0.1, -0.05) is 21.1 Å². The Labute approximate surface area is 119 Å². The molecule has 0 saturated carbocycles. The standard InChI is InChI=1S/C13H14BrNO4/c1-2-18-13(16)4-3-7-19-12-8-11(14)6-5-10(12)9-15-17/h3-6,8-9,17H,2,7H2,1H3/b4-3+,15-9?. The topological polar surface area (TPSA) is 68.1 Å². The number of hydrogen-bond acceptors (Lipinski definition) is 5. The maximum absolute atomic E-state index is 11.1. The van der Waals surface area contributed by atoms with Gasteiger partial charge in [0, 0.05) is 16.1 Å². The quantitative estimate of drug-likeness (QED) is 0.287. The van der Waals surface area contributed by atoms with E-state index < -0.39 is 5.97 Å². The summed E-state index contributed by atoms with van der Waals surface area (Å²) >= 11 is 3.32. The minimum absolute atomic E-state index is 0.210. The maximum atomic E-state index is 11.1. The van der Waals surface area contributed by atoms with Gasteiger partial charge in [0.25, 0.3) is 0 Å². The van der Waals surface area contributed by atoms with E-state index in [1.807, 2.05) is 0 Å². The molecule has 0 saturated heterocycles. The zero-order valence-electron chi connectivity index (χ0n) is 10.4. The minimum atomic E-state index is -0.405. The predicted octanol–water partition coefficient (Wildman–Crippen LogP) is 2.76. The van der Waals surface area contributed by atoms with Crippen molar-refractivity contribution in [3.63, 3.8) is 0 Å². The van der Waals surface area contributed by atoms with Crippen LogP contribution in [0.5, 0.6) is 5.75 Å². The summed E-state index contributed by atoms with van der Waals surface area (Å²) in [6.45, 7) is 2.29. The lowest BCUT2D eigenvalue weighted by Crippen LogP contribution is -2.01. The first-order valence-electron chi connectivity index (χ1n) is 5.60. The summed E-state index contributed by atoms with van der Waals surface area (Å²) in [7, 11) is 0. The van der Waals surface area contributed by atoms with Crippen LogP contribution >= 0.6 is 15.9 Å². The molecule has 6 heteroatoms. The van der Waals surface area contributed by atoms with Crippen molar-refractivity contribution in [2.45, 2.75) is 6.92 Å². The molecular weight excluding hydrogens is 314 g/mol. The molecule has 0 aliphatic rings. The van der Waals surface area contributed by atoms with Crippen LogP contribution in [0.3, 0.4) is 0 Å². The van der Waals surface area contributed by atoms with Gasteiger partial charge in [-0.05, 0) is 31.2 Å². The minimum Gasteiger partial charge on any atom is -0.489 e. The first kappa shape index (κ1) is 15.2. The highest BCUT2D eigenvalue weighted by atomic mass is 79.9. The Kier molecular flexibility index (Phi) is 6.67. The number of ether oxygens (including phenoxy) is 2. The van der Waals surface area contributed by atoms with Crippen molar-refractivity contribution in [2.24, 2.45) is 5.16 Å². The molecule has 0 unspecified atom stereocenters. The molecule has 0 bridgehead atoms. The average Bonchev–Trinajstić information content (AvgIpc) is 2.38. The van der Waals surface area contributed by atoms with E-state index in [-0.39, 0.29) is 6.61 Å². The van der Waals surface area contributed by atoms with Crippen molar-refractivity contribution in [3.8, 4) is 5.75 Å². The molecule has 0 aromatic heterocycles. The van der Waals surface area contributed by atoms with Gasteiger partial charge in [0.2, 0.25) is 0 Å². The molecule has 0 heterocycles. The van der Waals surface area contributed by atoms with E-state index in [9.17, 15) is 4.79 Å². The Morgan fingerprint density at radius 2 is 2.32 bits per heavy atom. The fourth-order valence-electron chi connectivity index (χ4n) is 1.27. The number of halogens is 1. The third-order valence-corrected chi connectivity index (χ3v) is 2.54. The van der Waals surface area contributed by atoms with Gasteiger partial charge in [-0.15, -0.1) is 0 Å². The van der Waals surface area contributed by atoms with Crippen LogP contribution in [0.15, 0.2) is 40.0 Å². The SMILES string of the molecule is CCOC(=O)/C=C/COc1cc(Br)ccc1C=NO. The van der Waals surface area contributed by atoms with Gasteiger partial charge in [0.15, 0.2) is 0 Å². The van der Waals surface area contributed by atoms with E-state index in [1.165, 1.54) is 12.3 Å². The molecule has 0 radical (unpaired) electrons. The van der Waals surface area contributed by atoms with E-state index in [0.29, 0.717) is 17.9 Å². The Morgan fingerprint density at radius 1 is 1.53 bits per heavy atom. The summed E-state index contributed by atoms with van der Waals surface area (Å²) in [4.78, 5) is 11.1. The van der Waals surface area contributed by atoms with Crippen LogP contribution in [-0.2, 0) is 9.53 Å². The fourth-order valence-corrected chi connectivity index (χ4v) is 1.61. The molecule has 0 atom stereocenters. The Balaban J connectivity index is 2.62. The van der Waals surface area contributed by atoms with Crippen molar-refractivity contribution in [3.05, 3.63) is 40.4 Å². The molecule has 19 heavy (non-hydrogen) atoms. The van der Waals surface area contributed by atoms with Gasteiger partial charge in [-0.2, -0.15) is 0 Å². The Hall–Kier alpha value is -1.82. The molecule has 1 aromatic rings. The number of benzene rings is 1. The van der Waals surface area contributed by atoms with Crippen LogP contribution in [0.2, 0.25) is 0 Å². The molecule has 1 aromatic carbocycles. The van der Waals surface area contributed by atoms with E-state index >= 15 is 0 Å². The van der Waals surface area contributed by atoms with Crippen molar-refractivity contribution < 1.29 is 19.5 Å². The van der Waals surface area contributed by atoms with Gasteiger partial charge >= 0.3 is 5.97 Å². The van der Waals surface area contributed by atoms with E-state index in [4.69, 9.17) is 14.7 Å². The Bertz CT molecular complexity index is 486. The third-order valence-electron chi connectivity index (χ3n) is 2.05. The lowest BCUT2D eigenvalue weighted by Gasteiger charge is -2.07. The maximum Gasteiger partial charge on any atom is 0.330 e. The summed E-state index contributed by atoms with van der Waals surface area (Å²) in [6, 6.07) is 5.29. The van der Waals surface area contributed by atoms with Crippen LogP contribution < -0.4 is 4.74 Å². The second kappa shape index (κ2) is 8.31. The smallest absolute Gasteiger partial charge is 0.330 e. The van der Waals surface area contributed by atoms with Gasteiger partial charge < -0.3 is 14.7 Å². The number of carbonyl (C=O) groups excluding carboxylic acids is 1. The number of hydrogen-bond donors (Lipinski definition) is 1. The van der Waals surface area contributed by atoms with E-state index in [1.54, 1.807) is 31.2 Å².